The van der Waals surface area contributed by atoms with E-state index in [9.17, 15) is 4.39 Å². The molecule has 1 aliphatic rings. The molecule has 1 atom stereocenters. The fourth-order valence-electron chi connectivity index (χ4n) is 2.48. The molecule has 0 aliphatic carbocycles. The van der Waals surface area contributed by atoms with Crippen molar-refractivity contribution in [2.24, 2.45) is 0 Å². The highest BCUT2D eigenvalue weighted by atomic mass is 19.1. The van der Waals surface area contributed by atoms with Crippen LogP contribution in [0.2, 0.25) is 0 Å². The molecule has 1 aliphatic heterocycles. The maximum Gasteiger partial charge on any atom is 0.164 e. The smallest absolute Gasteiger partial charge is 0.164 e. The first-order valence-electron chi connectivity index (χ1n) is 7.28. The average molecular weight is 290 g/mol. The van der Waals surface area contributed by atoms with Crippen molar-refractivity contribution in [1.82, 2.24) is 20.1 Å². The highest BCUT2D eigenvalue weighted by molar-refractivity contribution is 5.37. The molecule has 2 heterocycles. The number of hydrogen-bond acceptors (Lipinski definition) is 4. The Balaban J connectivity index is 1.56. The normalized spacial score (nSPS) is 16.8. The summed E-state index contributed by atoms with van der Waals surface area (Å²) in [4.78, 5) is 4.27. The van der Waals surface area contributed by atoms with Crippen LogP contribution in [0, 0.1) is 5.82 Å². The van der Waals surface area contributed by atoms with E-state index in [0.29, 0.717) is 19.5 Å². The summed E-state index contributed by atoms with van der Waals surface area (Å²) >= 11 is 0. The summed E-state index contributed by atoms with van der Waals surface area (Å²) in [5.41, 5.74) is 0.921. The Hall–Kier alpha value is -1.95. The molecular weight excluding hydrogens is 271 g/mol. The molecular formula is C15H19FN4O. The van der Waals surface area contributed by atoms with E-state index in [2.05, 4.69) is 22.3 Å². The van der Waals surface area contributed by atoms with Crippen LogP contribution in [-0.2, 0) is 19.5 Å². The molecule has 0 spiro atoms. The van der Waals surface area contributed by atoms with Crippen LogP contribution >= 0.6 is 0 Å². The minimum atomic E-state index is -0.219. The number of aromatic nitrogens is 3. The average Bonchev–Trinajstić information content (AvgIpc) is 3.05. The lowest BCUT2D eigenvalue weighted by atomic mass is 10.1. The molecule has 0 amide bonds. The topological polar surface area (TPSA) is 52.0 Å². The van der Waals surface area contributed by atoms with E-state index in [1.165, 1.54) is 12.1 Å². The summed E-state index contributed by atoms with van der Waals surface area (Å²) < 4.78 is 20.8. The largest absolute Gasteiger partial charge is 0.488 e. The standard InChI is InChI=1S/C15H19FN4O/c1-2-5-17-8-15-18-10-20(19-15)9-13-7-11-6-12(16)3-4-14(11)21-13/h3-4,6,10,13,17H,2,5,7-9H2,1H3. The van der Waals surface area contributed by atoms with Crippen LogP contribution in [-0.4, -0.2) is 27.4 Å². The molecule has 0 saturated carbocycles. The van der Waals surface area contributed by atoms with Crippen LogP contribution in [0.4, 0.5) is 4.39 Å². The molecule has 21 heavy (non-hydrogen) atoms. The zero-order chi connectivity index (χ0) is 14.7. The highest BCUT2D eigenvalue weighted by Gasteiger charge is 2.24. The minimum absolute atomic E-state index is 0.0139. The molecule has 0 bridgehead atoms. The highest BCUT2D eigenvalue weighted by Crippen LogP contribution is 2.29. The van der Waals surface area contributed by atoms with E-state index in [0.717, 1.165) is 30.1 Å². The Morgan fingerprint density at radius 3 is 3.24 bits per heavy atom. The predicted octanol–water partition coefficient (Wildman–Crippen LogP) is 1.92. The zero-order valence-corrected chi connectivity index (χ0v) is 12.1. The van der Waals surface area contributed by atoms with Gasteiger partial charge in [-0.25, -0.2) is 14.1 Å². The van der Waals surface area contributed by atoms with Crippen molar-refractivity contribution in [2.45, 2.75) is 39.0 Å². The van der Waals surface area contributed by atoms with E-state index < -0.39 is 0 Å². The van der Waals surface area contributed by atoms with Crippen molar-refractivity contribution in [2.75, 3.05) is 6.54 Å². The Kier molecular flexibility index (Phi) is 4.15. The third-order valence-corrected chi connectivity index (χ3v) is 3.45. The molecule has 2 aromatic rings. The molecule has 1 aromatic heterocycles. The summed E-state index contributed by atoms with van der Waals surface area (Å²) in [7, 11) is 0. The molecule has 1 N–H and O–H groups in total. The monoisotopic (exact) mass is 290 g/mol. The van der Waals surface area contributed by atoms with Crippen LogP contribution in [0.3, 0.4) is 0 Å². The van der Waals surface area contributed by atoms with Crippen LogP contribution in [0.25, 0.3) is 0 Å². The van der Waals surface area contributed by atoms with Crippen molar-refractivity contribution in [3.8, 4) is 5.75 Å². The first kappa shape index (κ1) is 14.0. The van der Waals surface area contributed by atoms with Crippen molar-refractivity contribution in [1.29, 1.82) is 0 Å². The summed E-state index contributed by atoms with van der Waals surface area (Å²) in [6, 6.07) is 4.65. The van der Waals surface area contributed by atoms with E-state index in [1.807, 2.05) is 0 Å². The van der Waals surface area contributed by atoms with Gasteiger partial charge in [-0.05, 0) is 31.2 Å². The molecule has 1 aromatic carbocycles. The predicted molar refractivity (Wildman–Crippen MR) is 76.5 cm³/mol. The van der Waals surface area contributed by atoms with Gasteiger partial charge in [-0.15, -0.1) is 0 Å². The number of fused-ring (bicyclic) bond motifs is 1. The van der Waals surface area contributed by atoms with E-state index in [4.69, 9.17) is 4.74 Å². The van der Waals surface area contributed by atoms with Crippen LogP contribution in [0.15, 0.2) is 24.5 Å². The third kappa shape index (κ3) is 3.39. The van der Waals surface area contributed by atoms with Gasteiger partial charge in [0.15, 0.2) is 5.82 Å². The summed E-state index contributed by atoms with van der Waals surface area (Å²) in [6.07, 6.45) is 3.50. The summed E-state index contributed by atoms with van der Waals surface area (Å²) in [6.45, 7) is 4.38. The third-order valence-electron chi connectivity index (χ3n) is 3.45. The van der Waals surface area contributed by atoms with Crippen molar-refractivity contribution in [3.05, 3.63) is 41.7 Å². The van der Waals surface area contributed by atoms with Crippen molar-refractivity contribution < 1.29 is 9.13 Å². The molecule has 0 saturated heterocycles. The first-order valence-corrected chi connectivity index (χ1v) is 7.28. The maximum atomic E-state index is 13.2. The van der Waals surface area contributed by atoms with E-state index in [-0.39, 0.29) is 11.9 Å². The lowest BCUT2D eigenvalue weighted by molar-refractivity contribution is 0.203. The second kappa shape index (κ2) is 6.22. The van der Waals surface area contributed by atoms with Gasteiger partial charge in [0.2, 0.25) is 0 Å². The van der Waals surface area contributed by atoms with Gasteiger partial charge in [0.05, 0.1) is 13.1 Å². The second-order valence-electron chi connectivity index (χ2n) is 5.26. The van der Waals surface area contributed by atoms with Gasteiger partial charge in [-0.2, -0.15) is 5.10 Å². The van der Waals surface area contributed by atoms with Gasteiger partial charge >= 0.3 is 0 Å². The Morgan fingerprint density at radius 2 is 2.38 bits per heavy atom. The van der Waals surface area contributed by atoms with Gasteiger partial charge < -0.3 is 10.1 Å². The number of benzene rings is 1. The zero-order valence-electron chi connectivity index (χ0n) is 12.1. The fraction of sp³-hybridized carbons (Fsp3) is 0.467. The molecule has 3 rings (SSSR count). The Morgan fingerprint density at radius 1 is 1.48 bits per heavy atom. The summed E-state index contributed by atoms with van der Waals surface area (Å²) in [5, 5.41) is 7.68. The molecule has 0 radical (unpaired) electrons. The minimum Gasteiger partial charge on any atom is -0.488 e. The van der Waals surface area contributed by atoms with Crippen LogP contribution in [0.1, 0.15) is 24.7 Å². The molecule has 112 valence electrons. The first-order chi connectivity index (χ1) is 10.2. The molecule has 5 nitrogen and oxygen atoms in total. The number of hydrogen-bond donors (Lipinski definition) is 1. The van der Waals surface area contributed by atoms with Gasteiger partial charge in [-0.1, -0.05) is 6.92 Å². The van der Waals surface area contributed by atoms with E-state index in [1.54, 1.807) is 17.1 Å². The Labute approximate surface area is 123 Å². The van der Waals surface area contributed by atoms with Gasteiger partial charge in [0, 0.05) is 12.0 Å². The number of halogens is 1. The number of nitrogens with zero attached hydrogens (tertiary/aromatic N) is 3. The van der Waals surface area contributed by atoms with Gasteiger partial charge in [0.25, 0.3) is 0 Å². The molecule has 0 fully saturated rings. The van der Waals surface area contributed by atoms with E-state index >= 15 is 0 Å². The molecule has 1 unspecified atom stereocenters. The lowest BCUT2D eigenvalue weighted by Gasteiger charge is -2.09. The van der Waals surface area contributed by atoms with Gasteiger partial charge in [0.1, 0.15) is 24.0 Å². The van der Waals surface area contributed by atoms with Crippen LogP contribution < -0.4 is 10.1 Å². The van der Waals surface area contributed by atoms with Crippen molar-refractivity contribution in [3.63, 3.8) is 0 Å². The van der Waals surface area contributed by atoms with Crippen molar-refractivity contribution >= 4 is 0 Å². The Bertz CT molecular complexity index is 613. The number of ether oxygens (including phenoxy) is 1. The van der Waals surface area contributed by atoms with Gasteiger partial charge in [-0.3, -0.25) is 0 Å². The number of nitrogens with one attached hydrogen (secondary N) is 1. The quantitative estimate of drug-likeness (QED) is 0.826. The molecule has 6 heteroatoms. The maximum absolute atomic E-state index is 13.2. The second-order valence-corrected chi connectivity index (χ2v) is 5.26. The lowest BCUT2D eigenvalue weighted by Crippen LogP contribution is -2.21. The number of rotatable bonds is 6. The van der Waals surface area contributed by atoms with Crippen LogP contribution in [0.5, 0.6) is 5.75 Å². The SMILES string of the molecule is CCCNCc1ncn(CC2Cc3cc(F)ccc3O2)n1. The summed E-state index contributed by atoms with van der Waals surface area (Å²) in [5.74, 6) is 1.33. The fourth-order valence-corrected chi connectivity index (χ4v) is 2.48.